The molecule has 1 unspecified atom stereocenters. The molecule has 1 saturated heterocycles. The Morgan fingerprint density at radius 3 is 2.58 bits per heavy atom. The second-order valence-corrected chi connectivity index (χ2v) is 9.96. The smallest absolute Gasteiger partial charge is 0.351 e. The Morgan fingerprint density at radius 1 is 1.05 bits per heavy atom. The molecule has 3 aliphatic rings. The van der Waals surface area contributed by atoms with E-state index in [0.717, 1.165) is 46.8 Å². The van der Waals surface area contributed by atoms with Crippen molar-refractivity contribution in [1.82, 2.24) is 9.49 Å². The SMILES string of the molecule is COc1cccc(C2=N[N+]3(C#N)C(=N2)C=Cc2cc(N4CCN(C(C)=O)CC4)cc(NCc4ccccc4)c23)c1. The number of fused-ring (bicyclic) bond motifs is 3. The molecule has 9 heteroatoms. The van der Waals surface area contributed by atoms with Crippen molar-refractivity contribution in [2.45, 2.75) is 13.5 Å². The van der Waals surface area contributed by atoms with E-state index < -0.39 is 4.59 Å². The van der Waals surface area contributed by atoms with Gasteiger partial charge in [0, 0.05) is 62.5 Å². The minimum atomic E-state index is -0.395. The molecular formula is C31H30N7O2+. The molecule has 1 atom stereocenters. The summed E-state index contributed by atoms with van der Waals surface area (Å²) < 4.78 is 5.01. The van der Waals surface area contributed by atoms with Crippen LogP contribution in [-0.2, 0) is 11.3 Å². The van der Waals surface area contributed by atoms with Gasteiger partial charge in [0.05, 0.1) is 7.11 Å². The maximum Gasteiger partial charge on any atom is 0.351 e. The van der Waals surface area contributed by atoms with E-state index in [4.69, 9.17) is 14.8 Å². The highest BCUT2D eigenvalue weighted by Gasteiger charge is 2.49. The quantitative estimate of drug-likeness (QED) is 0.371. The number of benzene rings is 3. The number of methoxy groups -OCH3 is 1. The predicted octanol–water partition coefficient (Wildman–Crippen LogP) is 4.56. The molecule has 9 nitrogen and oxygen atoms in total. The van der Waals surface area contributed by atoms with Gasteiger partial charge in [-0.2, -0.15) is 4.99 Å². The van der Waals surface area contributed by atoms with Crippen LogP contribution >= 0.6 is 0 Å². The minimum absolute atomic E-state index is 0.101. The van der Waals surface area contributed by atoms with E-state index in [9.17, 15) is 10.1 Å². The van der Waals surface area contributed by atoms with Crippen molar-refractivity contribution in [3.63, 3.8) is 0 Å². The number of carbonyl (C=O) groups excluding carboxylic acids is 1. The highest BCUT2D eigenvalue weighted by atomic mass is 16.5. The van der Waals surface area contributed by atoms with Gasteiger partial charge in [-0.1, -0.05) is 42.5 Å². The zero-order valence-electron chi connectivity index (χ0n) is 22.5. The van der Waals surface area contributed by atoms with Gasteiger partial charge in [0.1, 0.15) is 11.4 Å². The van der Waals surface area contributed by atoms with Gasteiger partial charge in [-0.05, 0) is 45.6 Å². The second-order valence-electron chi connectivity index (χ2n) is 9.96. The first kappa shape index (κ1) is 25.3. The highest BCUT2D eigenvalue weighted by molar-refractivity contribution is 6.22. The fourth-order valence-electron chi connectivity index (χ4n) is 5.40. The number of amides is 1. The van der Waals surface area contributed by atoms with Gasteiger partial charge >= 0.3 is 6.19 Å². The molecule has 200 valence electrons. The van der Waals surface area contributed by atoms with Gasteiger partial charge in [0.25, 0.3) is 5.84 Å². The Bertz CT molecular complexity index is 1600. The molecule has 3 aromatic carbocycles. The maximum absolute atomic E-state index is 11.9. The first-order chi connectivity index (χ1) is 19.5. The van der Waals surface area contributed by atoms with Gasteiger partial charge in [-0.15, -0.1) is 5.26 Å². The third-order valence-electron chi connectivity index (χ3n) is 7.55. The number of nitrogens with zero attached hydrogens (tertiary/aromatic N) is 6. The summed E-state index contributed by atoms with van der Waals surface area (Å²) in [6.07, 6.45) is 6.34. The van der Waals surface area contributed by atoms with Crippen molar-refractivity contribution in [1.29, 1.82) is 5.26 Å². The van der Waals surface area contributed by atoms with Crippen LogP contribution in [0.4, 0.5) is 17.1 Å². The van der Waals surface area contributed by atoms with Crippen molar-refractivity contribution in [2.24, 2.45) is 10.1 Å². The predicted molar refractivity (Wildman–Crippen MR) is 158 cm³/mol. The average Bonchev–Trinajstić information content (AvgIpc) is 3.41. The Kier molecular flexibility index (Phi) is 6.54. The number of hydrogen-bond donors (Lipinski definition) is 1. The minimum Gasteiger partial charge on any atom is -0.497 e. The summed E-state index contributed by atoms with van der Waals surface area (Å²) in [6, 6.07) is 21.9. The molecule has 1 fully saturated rings. The molecule has 3 heterocycles. The number of nitriles is 1. The number of nitrogens with one attached hydrogen (secondary N) is 1. The standard InChI is InChI=1S/C31H30N7O2/c1-22(39)36-13-15-37(16-14-36)26-17-24-11-12-29-34-31(25-9-6-10-27(18-25)40-2)35-38(29,21-32)30(24)28(19-26)33-20-23-7-4-3-5-8-23/h3-12,17-19,33H,13-16,20H2,1-2H3/q+1. The molecule has 1 N–H and O–H groups in total. The number of piperazine rings is 1. The lowest BCUT2D eigenvalue weighted by molar-refractivity contribution is -0.129. The third-order valence-corrected chi connectivity index (χ3v) is 7.55. The van der Waals surface area contributed by atoms with Crippen LogP contribution < -0.4 is 19.5 Å². The number of anilines is 2. The number of amidine groups is 2. The van der Waals surface area contributed by atoms with Crippen LogP contribution in [0, 0.1) is 11.5 Å². The van der Waals surface area contributed by atoms with Crippen molar-refractivity contribution in [3.05, 3.63) is 89.5 Å². The van der Waals surface area contributed by atoms with Crippen molar-refractivity contribution in [2.75, 3.05) is 43.5 Å². The van der Waals surface area contributed by atoms with Gasteiger partial charge in [-0.25, -0.2) is 0 Å². The zero-order chi connectivity index (χ0) is 27.7. The van der Waals surface area contributed by atoms with Gasteiger partial charge in [0.15, 0.2) is 0 Å². The Balaban J connectivity index is 1.43. The third kappa shape index (κ3) is 4.48. The Morgan fingerprint density at radius 2 is 1.85 bits per heavy atom. The summed E-state index contributed by atoms with van der Waals surface area (Å²) in [5.41, 5.74) is 5.40. The summed E-state index contributed by atoms with van der Waals surface area (Å²) in [6.45, 7) is 5.04. The molecule has 0 spiro atoms. The van der Waals surface area contributed by atoms with Crippen LogP contribution in [-0.4, -0.2) is 55.8 Å². The van der Waals surface area contributed by atoms with E-state index in [0.29, 0.717) is 37.1 Å². The van der Waals surface area contributed by atoms with E-state index in [2.05, 4.69) is 40.7 Å². The van der Waals surface area contributed by atoms with Gasteiger partial charge < -0.3 is 19.9 Å². The monoisotopic (exact) mass is 532 g/mol. The topological polar surface area (TPSA) is 93.3 Å². The number of aliphatic imine (C=N–C) groups is 1. The molecule has 0 aromatic heterocycles. The summed E-state index contributed by atoms with van der Waals surface area (Å²) in [5.74, 6) is 1.82. The van der Waals surface area contributed by atoms with Crippen LogP contribution in [0.15, 0.2) is 82.9 Å². The second kappa shape index (κ2) is 10.3. The molecule has 40 heavy (non-hydrogen) atoms. The van der Waals surface area contributed by atoms with Gasteiger partial charge in [0.2, 0.25) is 17.4 Å². The van der Waals surface area contributed by atoms with Crippen molar-refractivity contribution >= 4 is 40.7 Å². The largest absolute Gasteiger partial charge is 0.497 e. The summed E-state index contributed by atoms with van der Waals surface area (Å²) in [4.78, 5) is 20.8. The molecule has 0 bridgehead atoms. The number of ether oxygens (including phenoxy) is 1. The Hall–Kier alpha value is -4.94. The maximum atomic E-state index is 11.9. The number of carbonyl (C=O) groups is 1. The van der Waals surface area contributed by atoms with Crippen molar-refractivity contribution in [3.8, 4) is 11.9 Å². The molecule has 3 aromatic rings. The highest BCUT2D eigenvalue weighted by Crippen LogP contribution is 2.45. The van der Waals surface area contributed by atoms with Crippen LogP contribution in [0.2, 0.25) is 0 Å². The number of hydrogen-bond acceptors (Lipinski definition) is 7. The van der Waals surface area contributed by atoms with Crippen LogP contribution in [0.5, 0.6) is 5.75 Å². The molecule has 6 rings (SSSR count). The van der Waals surface area contributed by atoms with Gasteiger partial charge in [-0.3, -0.25) is 4.79 Å². The fraction of sp³-hybridized carbons (Fsp3) is 0.226. The molecule has 0 aliphatic carbocycles. The summed E-state index contributed by atoms with van der Waals surface area (Å²) in [7, 11) is 1.62. The van der Waals surface area contributed by atoms with E-state index in [1.54, 1.807) is 14.0 Å². The number of rotatable bonds is 6. The first-order valence-corrected chi connectivity index (χ1v) is 13.3. The van der Waals surface area contributed by atoms with Crippen LogP contribution in [0.25, 0.3) is 6.08 Å². The van der Waals surface area contributed by atoms with E-state index in [-0.39, 0.29) is 5.91 Å². The Labute approximate surface area is 233 Å². The number of quaternary nitrogens is 1. The lowest BCUT2D eigenvalue weighted by Gasteiger charge is -2.36. The first-order valence-electron chi connectivity index (χ1n) is 13.3. The molecule has 1 amide bonds. The van der Waals surface area contributed by atoms with E-state index >= 15 is 0 Å². The van der Waals surface area contributed by atoms with Crippen molar-refractivity contribution < 1.29 is 9.53 Å². The normalized spacial score (nSPS) is 19.2. The summed E-state index contributed by atoms with van der Waals surface area (Å²) in [5, 5.41) is 19.2. The zero-order valence-corrected chi connectivity index (χ0v) is 22.5. The summed E-state index contributed by atoms with van der Waals surface area (Å²) >= 11 is 0. The van der Waals surface area contributed by atoms with Crippen LogP contribution in [0.3, 0.4) is 0 Å². The van der Waals surface area contributed by atoms with E-state index in [1.165, 1.54) is 0 Å². The lowest BCUT2D eigenvalue weighted by atomic mass is 10.0. The molecular weight excluding hydrogens is 502 g/mol. The van der Waals surface area contributed by atoms with Crippen LogP contribution in [0.1, 0.15) is 23.6 Å². The molecule has 3 aliphatic heterocycles. The molecule has 0 saturated carbocycles. The fourth-order valence-corrected chi connectivity index (χ4v) is 5.40. The lowest BCUT2D eigenvalue weighted by Crippen LogP contribution is -2.48. The van der Waals surface area contributed by atoms with E-state index in [1.807, 2.05) is 59.5 Å². The molecule has 0 radical (unpaired) electrons. The average molecular weight is 533 g/mol.